The van der Waals surface area contributed by atoms with Gasteiger partial charge in [-0.15, -0.1) is 0 Å². The van der Waals surface area contributed by atoms with Gasteiger partial charge in [0.1, 0.15) is 0 Å². The number of carbonyl (C=O) groups excluding carboxylic acids is 1. The van der Waals surface area contributed by atoms with Gasteiger partial charge in [-0.1, -0.05) is 0 Å². The van der Waals surface area contributed by atoms with Crippen molar-refractivity contribution in [2.24, 2.45) is 0 Å². The van der Waals surface area contributed by atoms with Gasteiger partial charge in [-0.05, 0) is 0 Å². The third-order valence-corrected chi connectivity index (χ3v) is 3.05. The fraction of sp³-hybridized carbons (Fsp3) is 0.111. The van der Waals surface area contributed by atoms with E-state index < -0.39 is 6.09 Å². The molecule has 0 N–H and O–H groups in total. The Morgan fingerprint density at radius 1 is 1.57 bits per heavy atom. The molecule has 0 aliphatic rings. The molecule has 0 spiro atoms. The van der Waals surface area contributed by atoms with Gasteiger partial charge in [-0.25, -0.2) is 0 Å². The standard InChI is InChI=1S/C9H9AsN2O2/c1-14-9(13)12-8-4-2-3-7(10)6(8)5-11-12/h2-5H,10H2,1H3. The first-order chi connectivity index (χ1) is 6.74. The van der Waals surface area contributed by atoms with Crippen LogP contribution in [-0.2, 0) is 4.74 Å². The van der Waals surface area contributed by atoms with Gasteiger partial charge in [0, 0.05) is 0 Å². The Labute approximate surface area is 89.3 Å². The molecule has 2 aromatic rings. The summed E-state index contributed by atoms with van der Waals surface area (Å²) in [6.07, 6.45) is 1.22. The molecule has 1 atom stereocenters. The van der Waals surface area contributed by atoms with E-state index >= 15 is 0 Å². The number of aromatic nitrogens is 2. The normalized spacial score (nSPS) is 10.4. The Morgan fingerprint density at radius 2 is 2.36 bits per heavy atom. The number of nitrogens with zero attached hydrogens (tertiary/aromatic N) is 2. The molecule has 5 heteroatoms. The zero-order valence-corrected chi connectivity index (χ0v) is 10.0. The van der Waals surface area contributed by atoms with Crippen molar-refractivity contribution in [1.82, 2.24) is 9.78 Å². The van der Waals surface area contributed by atoms with Crippen LogP contribution in [0.1, 0.15) is 0 Å². The van der Waals surface area contributed by atoms with E-state index in [4.69, 9.17) is 0 Å². The zero-order chi connectivity index (χ0) is 10.1. The van der Waals surface area contributed by atoms with E-state index in [9.17, 15) is 4.79 Å². The van der Waals surface area contributed by atoms with Crippen LogP contribution in [0.2, 0.25) is 0 Å². The molecule has 0 aliphatic heterocycles. The molecule has 0 fully saturated rings. The van der Waals surface area contributed by atoms with E-state index in [1.54, 1.807) is 6.20 Å². The van der Waals surface area contributed by atoms with Gasteiger partial charge in [0.2, 0.25) is 0 Å². The van der Waals surface area contributed by atoms with Crippen molar-refractivity contribution in [2.75, 3.05) is 7.11 Å². The number of fused-ring (bicyclic) bond motifs is 1. The maximum atomic E-state index is 11.3. The van der Waals surface area contributed by atoms with Gasteiger partial charge >= 0.3 is 89.0 Å². The third kappa shape index (κ3) is 1.32. The second-order valence-corrected chi connectivity index (χ2v) is 4.11. The molecular weight excluding hydrogens is 243 g/mol. The van der Waals surface area contributed by atoms with Crippen LogP contribution in [0, 0.1) is 0 Å². The molecule has 4 nitrogen and oxygen atoms in total. The van der Waals surface area contributed by atoms with E-state index in [2.05, 4.69) is 9.84 Å². The molecule has 72 valence electrons. The van der Waals surface area contributed by atoms with E-state index in [0.29, 0.717) is 0 Å². The second-order valence-electron chi connectivity index (χ2n) is 2.81. The second kappa shape index (κ2) is 3.46. The molecule has 1 heterocycles. The summed E-state index contributed by atoms with van der Waals surface area (Å²) < 4.78 is 7.03. The summed E-state index contributed by atoms with van der Waals surface area (Å²) in [6.45, 7) is 0. The molecule has 0 aliphatic carbocycles. The molecule has 0 saturated heterocycles. The monoisotopic (exact) mass is 252 g/mol. The predicted octanol–water partition coefficient (Wildman–Crippen LogP) is -0.0908. The molecule has 0 radical (unpaired) electrons. The van der Waals surface area contributed by atoms with Gasteiger partial charge in [0.25, 0.3) is 0 Å². The van der Waals surface area contributed by atoms with Gasteiger partial charge in [-0.3, -0.25) is 0 Å². The van der Waals surface area contributed by atoms with Crippen LogP contribution in [0.25, 0.3) is 10.9 Å². The van der Waals surface area contributed by atoms with Crippen molar-refractivity contribution in [3.63, 3.8) is 0 Å². The first-order valence-corrected chi connectivity index (χ1v) is 5.25. The summed E-state index contributed by atoms with van der Waals surface area (Å²) in [4.78, 5) is 11.3. The molecule has 1 unspecified atom stereocenters. The first-order valence-electron chi connectivity index (χ1n) is 4.04. The molecule has 0 amide bonds. The summed E-state index contributed by atoms with van der Waals surface area (Å²) in [6, 6.07) is 5.76. The Hall–Kier alpha value is -1.28. The molecule has 14 heavy (non-hydrogen) atoms. The quantitative estimate of drug-likeness (QED) is 0.615. The van der Waals surface area contributed by atoms with Crippen LogP contribution < -0.4 is 4.35 Å². The molecular formula is C9H9AsN2O2. The van der Waals surface area contributed by atoms with E-state index in [1.807, 2.05) is 18.2 Å². The Morgan fingerprint density at radius 3 is 3.07 bits per heavy atom. The minimum absolute atomic E-state index is 0.460. The van der Waals surface area contributed by atoms with Gasteiger partial charge < -0.3 is 0 Å². The summed E-state index contributed by atoms with van der Waals surface area (Å²) in [7, 11) is 1.34. The third-order valence-electron chi connectivity index (χ3n) is 1.99. The first kappa shape index (κ1) is 9.28. The minimum atomic E-state index is -0.460. The van der Waals surface area contributed by atoms with Crippen molar-refractivity contribution in [1.29, 1.82) is 0 Å². The van der Waals surface area contributed by atoms with Crippen LogP contribution in [0.4, 0.5) is 4.79 Å². The number of rotatable bonds is 0. The van der Waals surface area contributed by atoms with E-state index in [-0.39, 0.29) is 0 Å². The topological polar surface area (TPSA) is 44.1 Å². The molecule has 0 bridgehead atoms. The fourth-order valence-electron chi connectivity index (χ4n) is 1.31. The average molecular weight is 252 g/mol. The summed E-state index contributed by atoms with van der Waals surface area (Å²) in [5.74, 6) is 0. The number of ether oxygens (including phenoxy) is 1. The Bertz CT molecular complexity index is 493. The van der Waals surface area contributed by atoms with E-state index in [0.717, 1.165) is 15.3 Å². The number of hydrogen-bond donors (Lipinski definition) is 0. The Kier molecular flexibility index (Phi) is 2.30. The van der Waals surface area contributed by atoms with Gasteiger partial charge in [-0.2, -0.15) is 0 Å². The van der Waals surface area contributed by atoms with Crippen LogP contribution in [0.3, 0.4) is 0 Å². The SMILES string of the molecule is COC(=O)n1ncc2c([AsH2])cccc21. The summed E-state index contributed by atoms with van der Waals surface area (Å²) >= 11 is 1.51. The van der Waals surface area contributed by atoms with Crippen LogP contribution in [-0.4, -0.2) is 39.8 Å². The fourth-order valence-corrected chi connectivity index (χ4v) is 2.01. The molecule has 1 aromatic carbocycles. The van der Waals surface area contributed by atoms with Gasteiger partial charge in [0.15, 0.2) is 0 Å². The zero-order valence-electron chi connectivity index (χ0n) is 7.60. The van der Waals surface area contributed by atoms with Crippen molar-refractivity contribution in [2.45, 2.75) is 0 Å². The number of methoxy groups -OCH3 is 1. The van der Waals surface area contributed by atoms with Crippen molar-refractivity contribution >= 4 is 38.2 Å². The number of carbonyl (C=O) groups is 1. The van der Waals surface area contributed by atoms with Crippen LogP contribution in [0.5, 0.6) is 0 Å². The molecule has 1 aromatic heterocycles. The van der Waals surface area contributed by atoms with Crippen molar-refractivity contribution in [3.8, 4) is 0 Å². The summed E-state index contributed by atoms with van der Waals surface area (Å²) in [5, 5.41) is 4.98. The van der Waals surface area contributed by atoms with Crippen LogP contribution in [0.15, 0.2) is 24.4 Å². The van der Waals surface area contributed by atoms with Gasteiger partial charge in [0.05, 0.1) is 0 Å². The van der Waals surface area contributed by atoms with Crippen molar-refractivity contribution in [3.05, 3.63) is 24.4 Å². The van der Waals surface area contributed by atoms with Crippen LogP contribution >= 0.6 is 0 Å². The Balaban J connectivity index is 2.70. The molecule has 2 rings (SSSR count). The molecule has 0 saturated carbocycles. The predicted molar refractivity (Wildman–Crippen MR) is 55.7 cm³/mol. The maximum absolute atomic E-state index is 11.3. The number of hydrogen-bond acceptors (Lipinski definition) is 3. The van der Waals surface area contributed by atoms with E-state index in [1.165, 1.54) is 28.6 Å². The van der Waals surface area contributed by atoms with Crippen molar-refractivity contribution < 1.29 is 9.53 Å². The number of benzene rings is 1. The average Bonchev–Trinajstić information content (AvgIpc) is 2.62. The summed E-state index contributed by atoms with van der Waals surface area (Å²) in [5.41, 5.74) is 0.790.